The van der Waals surface area contributed by atoms with Gasteiger partial charge in [-0.15, -0.1) is 0 Å². The fraction of sp³-hybridized carbons (Fsp3) is 0.294. The van der Waals surface area contributed by atoms with Crippen LogP contribution < -0.4 is 5.46 Å². The van der Waals surface area contributed by atoms with E-state index >= 15 is 0 Å². The van der Waals surface area contributed by atoms with E-state index in [0.717, 1.165) is 16.6 Å². The van der Waals surface area contributed by atoms with Gasteiger partial charge in [-0.05, 0) is 34.8 Å². The molecule has 23 heavy (non-hydrogen) atoms. The summed E-state index contributed by atoms with van der Waals surface area (Å²) >= 11 is 12.1. The maximum absolute atomic E-state index is 6.06. The number of rotatable bonds is 4. The van der Waals surface area contributed by atoms with Crippen molar-refractivity contribution in [1.29, 1.82) is 0 Å². The van der Waals surface area contributed by atoms with Crippen molar-refractivity contribution in [3.63, 3.8) is 0 Å². The minimum atomic E-state index is -0.319. The van der Waals surface area contributed by atoms with E-state index in [1.807, 2.05) is 36.4 Å². The molecule has 2 aromatic rings. The monoisotopic (exact) mass is 350 g/mol. The summed E-state index contributed by atoms with van der Waals surface area (Å²) in [6.07, 6.45) is 0. The maximum atomic E-state index is 6.06. The first-order valence-electron chi connectivity index (χ1n) is 7.44. The summed E-state index contributed by atoms with van der Waals surface area (Å²) in [5.74, 6) is 0.295. The molecule has 3 nitrogen and oxygen atoms in total. The van der Waals surface area contributed by atoms with Crippen LogP contribution in [0.5, 0.6) is 0 Å². The van der Waals surface area contributed by atoms with Gasteiger partial charge in [-0.1, -0.05) is 47.5 Å². The minimum absolute atomic E-state index is 0.295. The smallest absolute Gasteiger partial charge is 0.407 e. The van der Waals surface area contributed by atoms with Crippen molar-refractivity contribution < 1.29 is 14.0 Å². The van der Waals surface area contributed by atoms with Crippen molar-refractivity contribution in [3.05, 3.63) is 52.5 Å². The highest BCUT2D eigenvalue weighted by atomic mass is 35.5. The molecule has 1 heterocycles. The topological polar surface area (TPSA) is 27.7 Å². The van der Waals surface area contributed by atoms with E-state index in [1.54, 1.807) is 13.2 Å². The van der Waals surface area contributed by atoms with Crippen LogP contribution in [0.3, 0.4) is 0 Å². The normalized spacial score (nSPS) is 15.9. The van der Waals surface area contributed by atoms with Crippen molar-refractivity contribution in [2.75, 3.05) is 26.9 Å². The van der Waals surface area contributed by atoms with E-state index in [1.165, 1.54) is 0 Å². The molecule has 1 aliphatic rings. The van der Waals surface area contributed by atoms with Crippen molar-refractivity contribution in [2.24, 2.45) is 5.92 Å². The highest BCUT2D eigenvalue weighted by Gasteiger charge is 2.29. The number of hydrogen-bond donors (Lipinski definition) is 0. The zero-order valence-electron chi connectivity index (χ0n) is 12.8. The van der Waals surface area contributed by atoms with Gasteiger partial charge in [-0.25, -0.2) is 0 Å². The zero-order valence-corrected chi connectivity index (χ0v) is 14.3. The van der Waals surface area contributed by atoms with Crippen molar-refractivity contribution in [1.82, 2.24) is 0 Å². The average Bonchev–Trinajstić information content (AvgIpc) is 2.55. The second-order valence-corrected chi connectivity index (χ2v) is 6.47. The molecule has 0 radical (unpaired) electrons. The molecule has 3 rings (SSSR count). The Hall–Kier alpha value is -1.04. The third kappa shape index (κ3) is 4.28. The SMILES string of the molecule is COCC1COB(c2ccc(-c3cc(Cl)cc(Cl)c3)cc2)OC1. The van der Waals surface area contributed by atoms with E-state index in [4.69, 9.17) is 37.2 Å². The highest BCUT2D eigenvalue weighted by Crippen LogP contribution is 2.26. The first kappa shape index (κ1) is 16.8. The third-order valence-corrected chi connectivity index (χ3v) is 4.18. The Bertz CT molecular complexity index is 635. The van der Waals surface area contributed by atoms with Gasteiger partial charge in [-0.2, -0.15) is 0 Å². The molecule has 0 bridgehead atoms. The van der Waals surface area contributed by atoms with Crippen molar-refractivity contribution >= 4 is 35.8 Å². The molecule has 0 spiro atoms. The molecular weight excluding hydrogens is 334 g/mol. The largest absolute Gasteiger partial charge is 0.493 e. The number of hydrogen-bond acceptors (Lipinski definition) is 3. The quantitative estimate of drug-likeness (QED) is 0.787. The summed E-state index contributed by atoms with van der Waals surface area (Å²) in [6.45, 7) is 1.94. The number of halogens is 2. The van der Waals surface area contributed by atoms with E-state index in [0.29, 0.717) is 35.8 Å². The molecule has 0 atom stereocenters. The summed E-state index contributed by atoms with van der Waals surface area (Å²) in [6, 6.07) is 13.6. The van der Waals surface area contributed by atoms with Crippen LogP contribution in [0.25, 0.3) is 11.1 Å². The van der Waals surface area contributed by atoms with Crippen LogP contribution in [0.2, 0.25) is 10.0 Å². The summed E-state index contributed by atoms with van der Waals surface area (Å²) in [4.78, 5) is 0. The van der Waals surface area contributed by atoms with Gasteiger partial charge in [0.2, 0.25) is 0 Å². The van der Waals surface area contributed by atoms with Crippen molar-refractivity contribution in [2.45, 2.75) is 0 Å². The second-order valence-electron chi connectivity index (χ2n) is 5.60. The van der Waals surface area contributed by atoms with Crippen LogP contribution in [-0.4, -0.2) is 34.0 Å². The van der Waals surface area contributed by atoms with Gasteiger partial charge < -0.3 is 14.0 Å². The molecule has 120 valence electrons. The lowest BCUT2D eigenvalue weighted by molar-refractivity contribution is 0.0364. The minimum Gasteiger partial charge on any atom is -0.407 e. The molecule has 0 amide bonds. The second kappa shape index (κ2) is 7.69. The fourth-order valence-electron chi connectivity index (χ4n) is 2.62. The van der Waals surface area contributed by atoms with Gasteiger partial charge in [-0.3, -0.25) is 0 Å². The van der Waals surface area contributed by atoms with Crippen LogP contribution in [0.15, 0.2) is 42.5 Å². The molecular formula is C17H17BCl2O3. The Morgan fingerprint density at radius 2 is 1.61 bits per heavy atom. The predicted octanol–water partition coefficient (Wildman–Crippen LogP) is 3.67. The molecule has 6 heteroatoms. The molecule has 1 fully saturated rings. The Morgan fingerprint density at radius 1 is 1.00 bits per heavy atom. The number of benzene rings is 2. The third-order valence-electron chi connectivity index (χ3n) is 3.75. The highest BCUT2D eigenvalue weighted by molar-refractivity contribution is 6.61. The zero-order chi connectivity index (χ0) is 16.2. The Kier molecular flexibility index (Phi) is 5.62. The lowest BCUT2D eigenvalue weighted by Gasteiger charge is -2.27. The summed E-state index contributed by atoms with van der Waals surface area (Å²) in [5, 5.41) is 1.25. The first-order chi connectivity index (χ1) is 11.2. The molecule has 1 aliphatic heterocycles. The van der Waals surface area contributed by atoms with Crippen LogP contribution in [0.4, 0.5) is 0 Å². The summed E-state index contributed by atoms with van der Waals surface area (Å²) in [7, 11) is 1.37. The average molecular weight is 351 g/mol. The van der Waals surface area contributed by atoms with E-state index in [2.05, 4.69) is 0 Å². The van der Waals surface area contributed by atoms with Crippen molar-refractivity contribution in [3.8, 4) is 11.1 Å². The molecule has 1 saturated heterocycles. The standard InChI is InChI=1S/C17H17BCl2O3/c1-21-9-12-10-22-18(23-11-12)15-4-2-13(3-5-15)14-6-16(19)8-17(20)7-14/h2-8,12H,9-11H2,1H3. The summed E-state index contributed by atoms with van der Waals surface area (Å²) < 4.78 is 16.7. The van der Waals surface area contributed by atoms with E-state index in [-0.39, 0.29) is 7.12 Å². The van der Waals surface area contributed by atoms with Crippen LogP contribution in [-0.2, 0) is 14.0 Å². The van der Waals surface area contributed by atoms with Gasteiger partial charge in [0.25, 0.3) is 0 Å². The Balaban J connectivity index is 1.70. The predicted molar refractivity (Wildman–Crippen MR) is 94.6 cm³/mol. The number of methoxy groups -OCH3 is 1. The van der Waals surface area contributed by atoms with E-state index in [9.17, 15) is 0 Å². The molecule has 0 unspecified atom stereocenters. The molecule has 0 aliphatic carbocycles. The molecule has 0 saturated carbocycles. The van der Waals surface area contributed by atoms with Gasteiger partial charge in [0.15, 0.2) is 0 Å². The van der Waals surface area contributed by atoms with Crippen LogP contribution >= 0.6 is 23.2 Å². The lowest BCUT2D eigenvalue weighted by atomic mass is 9.77. The molecule has 0 aromatic heterocycles. The van der Waals surface area contributed by atoms with Gasteiger partial charge in [0.1, 0.15) is 0 Å². The molecule has 2 aromatic carbocycles. The summed E-state index contributed by atoms with van der Waals surface area (Å²) in [5.41, 5.74) is 3.03. The lowest BCUT2D eigenvalue weighted by Crippen LogP contribution is -2.45. The number of ether oxygens (including phenoxy) is 1. The first-order valence-corrected chi connectivity index (χ1v) is 8.20. The fourth-order valence-corrected chi connectivity index (χ4v) is 3.15. The van der Waals surface area contributed by atoms with E-state index < -0.39 is 0 Å². The molecule has 0 N–H and O–H groups in total. The van der Waals surface area contributed by atoms with Gasteiger partial charge in [0.05, 0.1) is 6.61 Å². The van der Waals surface area contributed by atoms with Gasteiger partial charge >= 0.3 is 7.12 Å². The van der Waals surface area contributed by atoms with Crippen LogP contribution in [0, 0.1) is 5.92 Å². The maximum Gasteiger partial charge on any atom is 0.493 e. The van der Waals surface area contributed by atoms with Crippen LogP contribution in [0.1, 0.15) is 0 Å². The Labute approximate surface area is 146 Å². The van der Waals surface area contributed by atoms with Gasteiger partial charge in [0, 0.05) is 36.3 Å². The Morgan fingerprint density at radius 3 is 2.17 bits per heavy atom.